The Balaban J connectivity index is 1.51. The van der Waals surface area contributed by atoms with Crippen molar-refractivity contribution in [3.05, 3.63) is 35.9 Å². The van der Waals surface area contributed by atoms with Gasteiger partial charge in [-0.1, -0.05) is 72.7 Å². The molecule has 1 fully saturated rings. The van der Waals surface area contributed by atoms with E-state index in [1.165, 1.54) is 36.2 Å². The zero-order chi connectivity index (χ0) is 17.5. The van der Waals surface area contributed by atoms with Crippen molar-refractivity contribution in [1.82, 2.24) is 10.2 Å². The number of rotatable bonds is 7. The summed E-state index contributed by atoms with van der Waals surface area (Å²) < 4.78 is 0.866. The van der Waals surface area contributed by atoms with Crippen molar-refractivity contribution in [2.24, 2.45) is 11.1 Å². The smallest absolute Gasteiger partial charge is 0.226 e. The molecule has 1 aliphatic carbocycles. The molecule has 1 aromatic carbocycles. The first-order chi connectivity index (χ1) is 12.2. The number of nitrogens with zero attached hydrogens (tertiary/aromatic N) is 2. The normalized spacial score (nSPS) is 16.5. The van der Waals surface area contributed by atoms with E-state index in [2.05, 4.69) is 27.6 Å². The van der Waals surface area contributed by atoms with Crippen molar-refractivity contribution in [2.75, 3.05) is 11.9 Å². The van der Waals surface area contributed by atoms with Gasteiger partial charge in [0.15, 0.2) is 4.34 Å². The van der Waals surface area contributed by atoms with Gasteiger partial charge >= 0.3 is 0 Å². The first kappa shape index (κ1) is 18.4. The molecule has 25 heavy (non-hydrogen) atoms. The Morgan fingerprint density at radius 3 is 2.68 bits per heavy atom. The summed E-state index contributed by atoms with van der Waals surface area (Å²) in [5, 5.41) is 11.7. The highest BCUT2D eigenvalue weighted by molar-refractivity contribution is 8.00. The quantitative estimate of drug-likeness (QED) is 0.562. The summed E-state index contributed by atoms with van der Waals surface area (Å²) >= 11 is 3.06. The van der Waals surface area contributed by atoms with Crippen molar-refractivity contribution >= 4 is 34.1 Å². The second-order valence-electron chi connectivity index (χ2n) is 6.64. The van der Waals surface area contributed by atoms with Gasteiger partial charge in [-0.25, -0.2) is 0 Å². The van der Waals surface area contributed by atoms with E-state index in [1.807, 2.05) is 18.2 Å². The maximum atomic E-state index is 12.4. The fraction of sp³-hybridized carbons (Fsp3) is 0.500. The van der Waals surface area contributed by atoms with Gasteiger partial charge in [-0.05, 0) is 30.4 Å². The van der Waals surface area contributed by atoms with Crippen LogP contribution in [0, 0.1) is 5.41 Å². The van der Waals surface area contributed by atoms with Crippen molar-refractivity contribution in [1.29, 1.82) is 0 Å². The van der Waals surface area contributed by atoms with Gasteiger partial charge in [-0.3, -0.25) is 4.79 Å². The molecule has 0 saturated heterocycles. The van der Waals surface area contributed by atoms with E-state index in [4.69, 9.17) is 5.73 Å². The lowest BCUT2D eigenvalue weighted by Crippen LogP contribution is -2.36. The molecule has 1 heterocycles. The lowest BCUT2D eigenvalue weighted by molar-refractivity contribution is -0.118. The van der Waals surface area contributed by atoms with Gasteiger partial charge in [-0.2, -0.15) is 0 Å². The average Bonchev–Trinajstić information content (AvgIpc) is 3.09. The fourth-order valence-corrected chi connectivity index (χ4v) is 5.02. The predicted molar refractivity (Wildman–Crippen MR) is 104 cm³/mol. The van der Waals surface area contributed by atoms with Crippen LogP contribution in [0.15, 0.2) is 34.7 Å². The van der Waals surface area contributed by atoms with Crippen LogP contribution in [-0.4, -0.2) is 22.6 Å². The number of anilines is 1. The van der Waals surface area contributed by atoms with E-state index < -0.39 is 0 Å². The minimum Gasteiger partial charge on any atom is -0.330 e. The third kappa shape index (κ3) is 5.26. The predicted octanol–water partition coefficient (Wildman–Crippen LogP) is 4.07. The van der Waals surface area contributed by atoms with E-state index in [1.54, 1.807) is 11.8 Å². The van der Waals surface area contributed by atoms with Gasteiger partial charge in [0.25, 0.3) is 0 Å². The van der Waals surface area contributed by atoms with Crippen molar-refractivity contribution < 1.29 is 4.79 Å². The molecule has 0 aliphatic heterocycles. The largest absolute Gasteiger partial charge is 0.330 e. The molecule has 0 atom stereocenters. The summed E-state index contributed by atoms with van der Waals surface area (Å²) in [5.74, 6) is 0.850. The standard InChI is InChI=1S/C18H24N4OS2/c19-13-18(9-5-2-6-10-18)11-15(23)20-16-21-22-17(25-16)24-12-14-7-3-1-4-8-14/h1,3-4,7-8H,2,5-6,9-13,19H2,(H,20,21,23). The van der Waals surface area contributed by atoms with Gasteiger partial charge in [-0.15, -0.1) is 10.2 Å². The number of amides is 1. The molecule has 1 saturated carbocycles. The van der Waals surface area contributed by atoms with E-state index >= 15 is 0 Å². The van der Waals surface area contributed by atoms with Crippen LogP contribution < -0.4 is 11.1 Å². The van der Waals surface area contributed by atoms with Crippen LogP contribution in [0.25, 0.3) is 0 Å². The average molecular weight is 377 g/mol. The molecule has 3 N–H and O–H groups in total. The highest BCUT2D eigenvalue weighted by atomic mass is 32.2. The van der Waals surface area contributed by atoms with E-state index in [-0.39, 0.29) is 11.3 Å². The lowest BCUT2D eigenvalue weighted by atomic mass is 9.72. The van der Waals surface area contributed by atoms with Crippen LogP contribution in [0.4, 0.5) is 5.13 Å². The molecule has 0 radical (unpaired) electrons. The molecular formula is C18H24N4OS2. The summed E-state index contributed by atoms with van der Waals surface area (Å²) in [7, 11) is 0. The maximum Gasteiger partial charge on any atom is 0.226 e. The molecule has 134 valence electrons. The van der Waals surface area contributed by atoms with Crippen molar-refractivity contribution in [3.8, 4) is 0 Å². The van der Waals surface area contributed by atoms with Gasteiger partial charge < -0.3 is 11.1 Å². The number of aromatic nitrogens is 2. The highest BCUT2D eigenvalue weighted by Crippen LogP contribution is 2.38. The Kier molecular flexibility index (Phi) is 6.45. The van der Waals surface area contributed by atoms with Crippen LogP contribution in [0.3, 0.4) is 0 Å². The lowest BCUT2D eigenvalue weighted by Gasteiger charge is -2.35. The number of hydrogen-bond acceptors (Lipinski definition) is 6. The molecule has 0 spiro atoms. The number of carbonyl (C=O) groups excluding carboxylic acids is 1. The van der Waals surface area contributed by atoms with Crippen LogP contribution in [-0.2, 0) is 10.5 Å². The van der Waals surface area contributed by atoms with Crippen LogP contribution in [0.5, 0.6) is 0 Å². The maximum absolute atomic E-state index is 12.4. The minimum atomic E-state index is -0.0299. The molecule has 3 rings (SSSR count). The molecule has 1 aromatic heterocycles. The van der Waals surface area contributed by atoms with E-state index in [9.17, 15) is 4.79 Å². The Labute approximate surface area is 156 Å². The molecule has 1 amide bonds. The molecular weight excluding hydrogens is 352 g/mol. The number of carbonyl (C=O) groups is 1. The van der Waals surface area contributed by atoms with Gasteiger partial charge in [0.1, 0.15) is 0 Å². The fourth-order valence-electron chi connectivity index (χ4n) is 3.30. The molecule has 5 nitrogen and oxygen atoms in total. The molecule has 0 unspecified atom stereocenters. The molecule has 1 aliphatic rings. The zero-order valence-electron chi connectivity index (χ0n) is 14.2. The zero-order valence-corrected chi connectivity index (χ0v) is 15.9. The summed E-state index contributed by atoms with van der Waals surface area (Å²) in [5.41, 5.74) is 7.19. The second kappa shape index (κ2) is 8.78. The molecule has 2 aromatic rings. The SMILES string of the molecule is NCC1(CC(=O)Nc2nnc(SCc3ccccc3)s2)CCCCC1. The van der Waals surface area contributed by atoms with Crippen LogP contribution in [0.2, 0.25) is 0 Å². The van der Waals surface area contributed by atoms with Gasteiger partial charge in [0.05, 0.1) is 0 Å². The monoisotopic (exact) mass is 376 g/mol. The van der Waals surface area contributed by atoms with E-state index in [0.29, 0.717) is 18.1 Å². The van der Waals surface area contributed by atoms with Crippen molar-refractivity contribution in [3.63, 3.8) is 0 Å². The first-order valence-electron chi connectivity index (χ1n) is 8.69. The van der Waals surface area contributed by atoms with Crippen LogP contribution >= 0.6 is 23.1 Å². The third-order valence-corrected chi connectivity index (χ3v) is 6.78. The first-order valence-corrected chi connectivity index (χ1v) is 10.5. The number of benzene rings is 1. The Morgan fingerprint density at radius 2 is 1.96 bits per heavy atom. The highest BCUT2D eigenvalue weighted by Gasteiger charge is 2.33. The Hall–Kier alpha value is -1.44. The molecule has 0 bridgehead atoms. The Bertz CT molecular complexity index is 683. The van der Waals surface area contributed by atoms with Crippen LogP contribution in [0.1, 0.15) is 44.1 Å². The summed E-state index contributed by atoms with van der Waals surface area (Å²) in [6.07, 6.45) is 6.17. The van der Waals surface area contributed by atoms with Crippen molar-refractivity contribution in [2.45, 2.75) is 48.6 Å². The van der Waals surface area contributed by atoms with E-state index in [0.717, 1.165) is 22.9 Å². The summed E-state index contributed by atoms with van der Waals surface area (Å²) in [6.45, 7) is 0.578. The van der Waals surface area contributed by atoms with Gasteiger partial charge in [0.2, 0.25) is 11.0 Å². The Morgan fingerprint density at radius 1 is 1.20 bits per heavy atom. The third-order valence-electron chi connectivity index (χ3n) is 4.74. The summed E-state index contributed by atoms with van der Waals surface area (Å²) in [6, 6.07) is 10.2. The minimum absolute atomic E-state index is 0.00288. The molecule has 7 heteroatoms. The van der Waals surface area contributed by atoms with Gasteiger partial charge in [0, 0.05) is 12.2 Å². The number of hydrogen-bond donors (Lipinski definition) is 2. The summed E-state index contributed by atoms with van der Waals surface area (Å²) in [4.78, 5) is 12.4. The number of nitrogens with one attached hydrogen (secondary N) is 1. The number of nitrogens with two attached hydrogens (primary N) is 1. The second-order valence-corrected chi connectivity index (χ2v) is 8.84. The topological polar surface area (TPSA) is 80.9 Å². The number of thioether (sulfide) groups is 1.